The van der Waals surface area contributed by atoms with Crippen LogP contribution in [0.4, 0.5) is 0 Å². The Balaban J connectivity index is 2.15. The minimum atomic E-state index is 0.143. The van der Waals surface area contributed by atoms with Crippen LogP contribution in [0.25, 0.3) is 0 Å². The van der Waals surface area contributed by atoms with Gasteiger partial charge in [-0.25, -0.2) is 0 Å². The molecule has 21 heavy (non-hydrogen) atoms. The Labute approximate surface area is 136 Å². The van der Waals surface area contributed by atoms with E-state index in [2.05, 4.69) is 42.0 Å². The topological polar surface area (TPSA) is 37.3 Å². The molecule has 1 aliphatic heterocycles. The predicted molar refractivity (Wildman–Crippen MR) is 89.6 cm³/mol. The minimum Gasteiger partial charge on any atom is -0.343 e. The number of carbonyl (C=O) groups excluding carboxylic acids is 1. The van der Waals surface area contributed by atoms with Gasteiger partial charge >= 0.3 is 0 Å². The lowest BCUT2D eigenvalue weighted by atomic mass is 10.1. The summed E-state index contributed by atoms with van der Waals surface area (Å²) in [6.45, 7) is 9.89. The Bertz CT molecular complexity index is 478. The third kappa shape index (κ3) is 4.33. The van der Waals surface area contributed by atoms with Crippen molar-refractivity contribution in [3.05, 3.63) is 22.4 Å². The van der Waals surface area contributed by atoms with Gasteiger partial charge in [0.05, 0.1) is 0 Å². The van der Waals surface area contributed by atoms with Crippen LogP contribution in [0.15, 0.2) is 16.7 Å². The average Bonchev–Trinajstić information content (AvgIpc) is 3.05. The monoisotopic (exact) mass is 355 g/mol. The summed E-state index contributed by atoms with van der Waals surface area (Å²) in [5.74, 6) is 0.619. The molecule has 2 heterocycles. The summed E-state index contributed by atoms with van der Waals surface area (Å²) < 4.78 is 2.98. The van der Waals surface area contributed by atoms with Crippen molar-refractivity contribution in [1.29, 1.82) is 0 Å². The van der Waals surface area contributed by atoms with Crippen LogP contribution >= 0.6 is 15.9 Å². The maximum absolute atomic E-state index is 12.9. The molecule has 1 atom stereocenters. The molecule has 1 fully saturated rings. The van der Waals surface area contributed by atoms with Crippen LogP contribution < -0.4 is 5.32 Å². The molecule has 1 unspecified atom stereocenters. The van der Waals surface area contributed by atoms with Gasteiger partial charge in [-0.3, -0.25) is 4.79 Å². The largest absolute Gasteiger partial charge is 0.343 e. The molecule has 0 aliphatic carbocycles. The number of hydrogen-bond donors (Lipinski definition) is 1. The number of aryl methyl sites for hydroxylation is 1. The molecule has 1 N–H and O–H groups in total. The third-order valence-corrected chi connectivity index (χ3v) is 4.33. The third-order valence-electron chi connectivity index (χ3n) is 3.90. The van der Waals surface area contributed by atoms with Crippen LogP contribution in [0, 0.1) is 5.92 Å². The predicted octanol–water partition coefficient (Wildman–Crippen LogP) is 3.12. The summed E-state index contributed by atoms with van der Waals surface area (Å²) in [4.78, 5) is 14.9. The molecule has 0 saturated carbocycles. The molecule has 1 saturated heterocycles. The maximum atomic E-state index is 12.9. The Morgan fingerprint density at radius 3 is 2.90 bits per heavy atom. The first-order valence-corrected chi connectivity index (χ1v) is 8.69. The van der Waals surface area contributed by atoms with Gasteiger partial charge < -0.3 is 14.8 Å². The number of nitrogens with zero attached hydrogens (tertiary/aromatic N) is 2. The van der Waals surface area contributed by atoms with Gasteiger partial charge in [0.2, 0.25) is 0 Å². The quantitative estimate of drug-likeness (QED) is 0.850. The lowest BCUT2D eigenvalue weighted by Gasteiger charge is -2.28. The molecular weight excluding hydrogens is 330 g/mol. The van der Waals surface area contributed by atoms with E-state index in [1.807, 2.05) is 21.7 Å². The summed E-state index contributed by atoms with van der Waals surface area (Å²) in [7, 11) is 0. The van der Waals surface area contributed by atoms with E-state index in [4.69, 9.17) is 0 Å². The fourth-order valence-corrected chi connectivity index (χ4v) is 3.40. The van der Waals surface area contributed by atoms with Crippen molar-refractivity contribution in [3.8, 4) is 0 Å². The average molecular weight is 356 g/mol. The van der Waals surface area contributed by atoms with E-state index in [0.29, 0.717) is 12.0 Å². The number of aromatic nitrogens is 1. The van der Waals surface area contributed by atoms with Gasteiger partial charge in [-0.1, -0.05) is 13.8 Å². The second kappa shape index (κ2) is 7.45. The lowest BCUT2D eigenvalue weighted by Crippen LogP contribution is -2.43. The molecule has 1 amide bonds. The number of rotatable bonds is 6. The number of hydrogen-bond acceptors (Lipinski definition) is 2. The number of halogens is 1. The first kappa shape index (κ1) is 16.6. The zero-order chi connectivity index (χ0) is 15.4. The molecular formula is C16H26BrN3O. The Morgan fingerprint density at radius 1 is 1.57 bits per heavy atom. The maximum Gasteiger partial charge on any atom is 0.270 e. The number of carbonyl (C=O) groups is 1. The first-order valence-electron chi connectivity index (χ1n) is 7.89. The number of amides is 1. The fourth-order valence-electron chi connectivity index (χ4n) is 2.94. The van der Waals surface area contributed by atoms with Crippen LogP contribution in [-0.2, 0) is 6.54 Å². The van der Waals surface area contributed by atoms with E-state index in [-0.39, 0.29) is 5.91 Å². The summed E-state index contributed by atoms with van der Waals surface area (Å²) in [6.07, 6.45) is 4.36. The van der Waals surface area contributed by atoms with E-state index in [0.717, 1.165) is 36.3 Å². The molecule has 1 aromatic heterocycles. The molecule has 0 radical (unpaired) electrons. The van der Waals surface area contributed by atoms with E-state index in [1.54, 1.807) is 0 Å². The minimum absolute atomic E-state index is 0.143. The van der Waals surface area contributed by atoms with Gasteiger partial charge in [-0.2, -0.15) is 0 Å². The number of nitrogens with one attached hydrogen (secondary N) is 1. The van der Waals surface area contributed by atoms with E-state index in [1.165, 1.54) is 12.8 Å². The van der Waals surface area contributed by atoms with Crippen molar-refractivity contribution < 1.29 is 4.79 Å². The van der Waals surface area contributed by atoms with Crippen molar-refractivity contribution >= 4 is 21.8 Å². The molecule has 0 bridgehead atoms. The van der Waals surface area contributed by atoms with Gasteiger partial charge in [0.1, 0.15) is 5.69 Å². The van der Waals surface area contributed by atoms with Gasteiger partial charge in [0.15, 0.2) is 0 Å². The summed E-state index contributed by atoms with van der Waals surface area (Å²) >= 11 is 3.48. The highest BCUT2D eigenvalue weighted by molar-refractivity contribution is 9.10. The Hall–Kier alpha value is -0.810. The molecule has 0 aromatic carbocycles. The zero-order valence-electron chi connectivity index (χ0n) is 13.2. The van der Waals surface area contributed by atoms with Gasteiger partial charge in [-0.15, -0.1) is 0 Å². The van der Waals surface area contributed by atoms with E-state index >= 15 is 0 Å². The zero-order valence-corrected chi connectivity index (χ0v) is 14.8. The highest BCUT2D eigenvalue weighted by Gasteiger charge is 2.25. The van der Waals surface area contributed by atoms with Crippen LogP contribution in [0.1, 0.15) is 44.1 Å². The molecule has 118 valence electrons. The van der Waals surface area contributed by atoms with Crippen LogP contribution in [0.5, 0.6) is 0 Å². The molecule has 0 spiro atoms. The Kier molecular flexibility index (Phi) is 5.88. The highest BCUT2D eigenvalue weighted by atomic mass is 79.9. The van der Waals surface area contributed by atoms with Crippen molar-refractivity contribution in [2.45, 2.75) is 46.2 Å². The molecule has 2 rings (SSSR count). The summed E-state index contributed by atoms with van der Waals surface area (Å²) in [5, 5.41) is 3.49. The summed E-state index contributed by atoms with van der Waals surface area (Å²) in [6, 6.07) is 2.38. The van der Waals surface area contributed by atoms with E-state index < -0.39 is 0 Å². The second-order valence-electron chi connectivity index (χ2n) is 6.23. The normalized spacial score (nSPS) is 18.4. The van der Waals surface area contributed by atoms with Crippen molar-refractivity contribution in [3.63, 3.8) is 0 Å². The molecule has 5 heteroatoms. The standard InChI is InChI=1S/C16H26BrN3O/c1-4-19-10-13(17)8-15(19)16(21)20(9-12(2)3)11-14-6-5-7-18-14/h8,10,12,14,18H,4-7,9,11H2,1-3H3. The first-order chi connectivity index (χ1) is 10.0. The molecule has 1 aromatic rings. The van der Waals surface area contributed by atoms with Crippen LogP contribution in [-0.4, -0.2) is 41.1 Å². The highest BCUT2D eigenvalue weighted by Crippen LogP contribution is 2.18. The lowest BCUT2D eigenvalue weighted by molar-refractivity contribution is 0.0710. The van der Waals surface area contributed by atoms with Crippen LogP contribution in [0.3, 0.4) is 0 Å². The van der Waals surface area contributed by atoms with Crippen molar-refractivity contribution in [1.82, 2.24) is 14.8 Å². The van der Waals surface area contributed by atoms with Crippen LogP contribution in [0.2, 0.25) is 0 Å². The van der Waals surface area contributed by atoms with E-state index in [9.17, 15) is 4.79 Å². The SMILES string of the molecule is CCn1cc(Br)cc1C(=O)N(CC(C)C)CC1CCCN1. The fraction of sp³-hybridized carbons (Fsp3) is 0.688. The summed E-state index contributed by atoms with van der Waals surface area (Å²) in [5.41, 5.74) is 0.781. The van der Waals surface area contributed by atoms with Gasteiger partial charge in [0.25, 0.3) is 5.91 Å². The molecule has 4 nitrogen and oxygen atoms in total. The van der Waals surface area contributed by atoms with Crippen molar-refractivity contribution in [2.24, 2.45) is 5.92 Å². The molecule has 1 aliphatic rings. The Morgan fingerprint density at radius 2 is 2.33 bits per heavy atom. The van der Waals surface area contributed by atoms with Gasteiger partial charge in [-0.05, 0) is 54.2 Å². The second-order valence-corrected chi connectivity index (χ2v) is 7.14. The van der Waals surface area contributed by atoms with Gasteiger partial charge in [0, 0.05) is 36.3 Å². The van der Waals surface area contributed by atoms with Crippen molar-refractivity contribution in [2.75, 3.05) is 19.6 Å². The smallest absolute Gasteiger partial charge is 0.270 e.